The fourth-order valence-electron chi connectivity index (χ4n) is 2.23. The summed E-state index contributed by atoms with van der Waals surface area (Å²) >= 11 is 0. The lowest BCUT2D eigenvalue weighted by molar-refractivity contribution is 0.409. The molecule has 0 radical (unpaired) electrons. The van der Waals surface area contributed by atoms with Gasteiger partial charge >= 0.3 is 0 Å². The van der Waals surface area contributed by atoms with Gasteiger partial charge in [-0.3, -0.25) is 0 Å². The van der Waals surface area contributed by atoms with Gasteiger partial charge < -0.3 is 15.4 Å². The highest BCUT2D eigenvalue weighted by Gasteiger charge is 2.09. The topological polar surface area (TPSA) is 38.5 Å². The van der Waals surface area contributed by atoms with Crippen LogP contribution in [0.1, 0.15) is 11.1 Å². The number of nitrogens with zero attached hydrogens (tertiary/aromatic N) is 1. The van der Waals surface area contributed by atoms with Crippen molar-refractivity contribution >= 4 is 5.69 Å². The third-order valence-electron chi connectivity index (χ3n) is 3.22. The summed E-state index contributed by atoms with van der Waals surface area (Å²) in [6, 6.07) is 16.3. The molecule has 2 aromatic carbocycles. The summed E-state index contributed by atoms with van der Waals surface area (Å²) in [5.74, 6) is 0.916. The lowest BCUT2D eigenvalue weighted by atomic mass is 10.1. The Hall–Kier alpha value is -2.00. The monoisotopic (exact) mass is 256 g/mol. The van der Waals surface area contributed by atoms with Crippen molar-refractivity contribution in [1.29, 1.82) is 0 Å². The molecule has 0 heterocycles. The maximum Gasteiger partial charge on any atom is 0.123 e. The van der Waals surface area contributed by atoms with Crippen LogP contribution in [0.4, 0.5) is 5.69 Å². The molecule has 0 aliphatic rings. The zero-order valence-electron chi connectivity index (χ0n) is 11.5. The normalized spacial score (nSPS) is 10.3. The number of anilines is 1. The molecule has 0 saturated carbocycles. The molecular formula is C16H20N2O. The summed E-state index contributed by atoms with van der Waals surface area (Å²) in [6.07, 6.45) is 0. The lowest BCUT2D eigenvalue weighted by Crippen LogP contribution is -2.19. The number of nitrogens with two attached hydrogens (primary N) is 1. The van der Waals surface area contributed by atoms with E-state index in [1.54, 1.807) is 7.11 Å². The van der Waals surface area contributed by atoms with Crippen molar-refractivity contribution in [1.82, 2.24) is 0 Å². The van der Waals surface area contributed by atoms with Crippen molar-refractivity contribution < 1.29 is 4.74 Å². The second-order valence-electron chi connectivity index (χ2n) is 4.50. The van der Waals surface area contributed by atoms with E-state index in [0.29, 0.717) is 6.54 Å². The number of ether oxygens (including phenoxy) is 1. The van der Waals surface area contributed by atoms with Crippen molar-refractivity contribution in [2.45, 2.75) is 13.1 Å². The average Bonchev–Trinajstić information content (AvgIpc) is 2.47. The molecule has 0 saturated heterocycles. The molecule has 2 rings (SSSR count). The van der Waals surface area contributed by atoms with E-state index in [1.807, 2.05) is 30.3 Å². The smallest absolute Gasteiger partial charge is 0.123 e. The highest BCUT2D eigenvalue weighted by atomic mass is 16.5. The molecule has 2 aromatic rings. The molecule has 0 amide bonds. The largest absolute Gasteiger partial charge is 0.496 e. The number of methoxy groups -OCH3 is 1. The zero-order valence-corrected chi connectivity index (χ0v) is 11.5. The molecule has 19 heavy (non-hydrogen) atoms. The number of para-hydroxylation sites is 2. The van der Waals surface area contributed by atoms with E-state index >= 15 is 0 Å². The van der Waals surface area contributed by atoms with Crippen LogP contribution < -0.4 is 15.4 Å². The highest BCUT2D eigenvalue weighted by Crippen LogP contribution is 2.24. The Kier molecular flexibility index (Phi) is 4.42. The second kappa shape index (κ2) is 6.25. The first-order valence-corrected chi connectivity index (χ1v) is 6.37. The molecule has 0 unspecified atom stereocenters. The minimum Gasteiger partial charge on any atom is -0.496 e. The van der Waals surface area contributed by atoms with Crippen LogP contribution in [-0.2, 0) is 13.1 Å². The molecule has 3 heteroatoms. The maximum absolute atomic E-state index is 5.79. The van der Waals surface area contributed by atoms with Gasteiger partial charge in [-0.25, -0.2) is 0 Å². The minimum absolute atomic E-state index is 0.548. The number of benzene rings is 2. The molecule has 2 N–H and O–H groups in total. The summed E-state index contributed by atoms with van der Waals surface area (Å²) in [7, 11) is 3.77. The Balaban J connectivity index is 2.23. The van der Waals surface area contributed by atoms with E-state index in [4.69, 9.17) is 10.5 Å². The van der Waals surface area contributed by atoms with Crippen LogP contribution in [0.25, 0.3) is 0 Å². The molecule has 0 aromatic heterocycles. The summed E-state index contributed by atoms with van der Waals surface area (Å²) in [6.45, 7) is 1.34. The Labute approximate surface area is 114 Å². The Bertz CT molecular complexity index is 540. The lowest BCUT2D eigenvalue weighted by Gasteiger charge is -2.23. The van der Waals surface area contributed by atoms with Crippen molar-refractivity contribution in [3.05, 3.63) is 59.7 Å². The predicted octanol–water partition coefficient (Wildman–Crippen LogP) is 2.79. The molecule has 0 spiro atoms. The first-order chi connectivity index (χ1) is 9.26. The van der Waals surface area contributed by atoms with Gasteiger partial charge in [-0.15, -0.1) is 0 Å². The summed E-state index contributed by atoms with van der Waals surface area (Å²) in [5, 5.41) is 0. The molecule has 0 atom stereocenters. The SMILES string of the molecule is COc1ccccc1CN(C)c1ccccc1CN. The standard InChI is InChI=1S/C16H20N2O/c1-18(15-9-5-3-7-13(15)11-17)12-14-8-4-6-10-16(14)19-2/h3-10H,11-12,17H2,1-2H3. The third-order valence-corrected chi connectivity index (χ3v) is 3.22. The van der Waals surface area contributed by atoms with Crippen LogP contribution in [0.3, 0.4) is 0 Å². The van der Waals surface area contributed by atoms with Crippen LogP contribution in [-0.4, -0.2) is 14.2 Å². The molecule has 0 aliphatic carbocycles. The molecule has 0 aliphatic heterocycles. The second-order valence-corrected chi connectivity index (χ2v) is 4.50. The first kappa shape index (κ1) is 13.4. The van der Waals surface area contributed by atoms with Crippen LogP contribution in [0.5, 0.6) is 5.75 Å². The van der Waals surface area contributed by atoms with Gasteiger partial charge in [0.15, 0.2) is 0 Å². The quantitative estimate of drug-likeness (QED) is 0.894. The van der Waals surface area contributed by atoms with Crippen molar-refractivity contribution in [2.75, 3.05) is 19.1 Å². The number of hydrogen-bond donors (Lipinski definition) is 1. The van der Waals surface area contributed by atoms with Gasteiger partial charge in [-0.05, 0) is 17.7 Å². The van der Waals surface area contributed by atoms with Crippen LogP contribution in [0.2, 0.25) is 0 Å². The van der Waals surface area contributed by atoms with E-state index < -0.39 is 0 Å². The Morgan fingerprint density at radius 3 is 2.32 bits per heavy atom. The van der Waals surface area contributed by atoms with Crippen LogP contribution >= 0.6 is 0 Å². The summed E-state index contributed by atoms with van der Waals surface area (Å²) < 4.78 is 5.39. The number of hydrogen-bond acceptors (Lipinski definition) is 3. The summed E-state index contributed by atoms with van der Waals surface area (Å²) in [4.78, 5) is 2.19. The third kappa shape index (κ3) is 3.06. The van der Waals surface area contributed by atoms with Crippen LogP contribution in [0.15, 0.2) is 48.5 Å². The molecule has 3 nitrogen and oxygen atoms in total. The van der Waals surface area contributed by atoms with Crippen molar-refractivity contribution in [3.63, 3.8) is 0 Å². The Morgan fingerprint density at radius 2 is 1.63 bits per heavy atom. The van der Waals surface area contributed by atoms with Gasteiger partial charge in [-0.2, -0.15) is 0 Å². The van der Waals surface area contributed by atoms with E-state index in [2.05, 4.69) is 30.1 Å². The molecular weight excluding hydrogens is 236 g/mol. The van der Waals surface area contributed by atoms with E-state index in [1.165, 1.54) is 5.56 Å². The maximum atomic E-state index is 5.79. The van der Waals surface area contributed by atoms with E-state index in [9.17, 15) is 0 Å². The van der Waals surface area contributed by atoms with Gasteiger partial charge in [-0.1, -0.05) is 36.4 Å². The molecule has 0 fully saturated rings. The van der Waals surface area contributed by atoms with Gasteiger partial charge in [0.2, 0.25) is 0 Å². The molecule has 0 bridgehead atoms. The van der Waals surface area contributed by atoms with Gasteiger partial charge in [0.1, 0.15) is 5.75 Å². The van der Waals surface area contributed by atoms with Gasteiger partial charge in [0, 0.05) is 31.4 Å². The zero-order chi connectivity index (χ0) is 13.7. The average molecular weight is 256 g/mol. The van der Waals surface area contributed by atoms with Gasteiger partial charge in [0.05, 0.1) is 7.11 Å². The van der Waals surface area contributed by atoms with Crippen LogP contribution in [0, 0.1) is 0 Å². The fraction of sp³-hybridized carbons (Fsp3) is 0.250. The predicted molar refractivity (Wildman–Crippen MR) is 79.4 cm³/mol. The van der Waals surface area contributed by atoms with Crippen molar-refractivity contribution in [2.24, 2.45) is 5.73 Å². The van der Waals surface area contributed by atoms with E-state index in [-0.39, 0.29) is 0 Å². The minimum atomic E-state index is 0.548. The van der Waals surface area contributed by atoms with Gasteiger partial charge in [0.25, 0.3) is 0 Å². The van der Waals surface area contributed by atoms with E-state index in [0.717, 1.165) is 23.5 Å². The highest BCUT2D eigenvalue weighted by molar-refractivity contribution is 5.54. The number of rotatable bonds is 5. The fourth-order valence-corrected chi connectivity index (χ4v) is 2.23. The Morgan fingerprint density at radius 1 is 1.00 bits per heavy atom. The first-order valence-electron chi connectivity index (χ1n) is 6.37. The van der Waals surface area contributed by atoms with Crippen molar-refractivity contribution in [3.8, 4) is 5.75 Å². The summed E-state index contributed by atoms with van der Waals surface area (Å²) in [5.41, 5.74) is 9.27. The molecule has 100 valence electrons.